The van der Waals surface area contributed by atoms with Crippen LogP contribution in [0.4, 0.5) is 5.69 Å². The van der Waals surface area contributed by atoms with E-state index in [9.17, 15) is 4.79 Å². The highest BCUT2D eigenvalue weighted by molar-refractivity contribution is 7.99. The van der Waals surface area contributed by atoms with Crippen LogP contribution in [0.2, 0.25) is 5.02 Å². The van der Waals surface area contributed by atoms with E-state index in [1.165, 1.54) is 11.8 Å². The van der Waals surface area contributed by atoms with E-state index < -0.39 is 0 Å². The second-order valence-electron chi connectivity index (χ2n) is 5.72. The first-order chi connectivity index (χ1) is 12.0. The average molecular weight is 376 g/mol. The molecule has 0 aliphatic rings. The molecule has 0 aliphatic carbocycles. The third-order valence-corrected chi connectivity index (χ3v) is 4.66. The van der Waals surface area contributed by atoms with Gasteiger partial charge in [-0.3, -0.25) is 4.79 Å². The molecule has 0 radical (unpaired) electrons. The van der Waals surface area contributed by atoms with Crippen molar-refractivity contribution in [2.24, 2.45) is 0 Å². The van der Waals surface area contributed by atoms with Crippen molar-refractivity contribution in [3.63, 3.8) is 0 Å². The van der Waals surface area contributed by atoms with Crippen LogP contribution in [0.5, 0.6) is 0 Å². The predicted molar refractivity (Wildman–Crippen MR) is 102 cm³/mol. The topological polar surface area (TPSA) is 58.4 Å². The quantitative estimate of drug-likeness (QED) is 0.661. The zero-order valence-electron chi connectivity index (χ0n) is 14.0. The molecule has 1 N–H and O–H groups in total. The summed E-state index contributed by atoms with van der Waals surface area (Å²) in [4.78, 5) is 18.4. The third-order valence-electron chi connectivity index (χ3n) is 3.60. The summed E-state index contributed by atoms with van der Waals surface area (Å²) in [5.41, 5.74) is 3.53. The second kappa shape index (κ2) is 7.80. The summed E-state index contributed by atoms with van der Waals surface area (Å²) >= 11 is 7.19. The van der Waals surface area contributed by atoms with E-state index in [1.807, 2.05) is 43.3 Å². The highest BCUT2D eigenvalue weighted by Gasteiger charge is 2.09. The molecule has 2 aromatic carbocycles. The average Bonchev–Trinajstić information content (AvgIpc) is 3.00. The Hall–Kier alpha value is -2.18. The van der Waals surface area contributed by atoms with Crippen molar-refractivity contribution in [2.75, 3.05) is 24.7 Å². The third kappa shape index (κ3) is 4.67. The molecule has 25 heavy (non-hydrogen) atoms. The van der Waals surface area contributed by atoms with E-state index in [4.69, 9.17) is 16.0 Å². The molecule has 0 bridgehead atoms. The number of thioether (sulfide) groups is 1. The lowest BCUT2D eigenvalue weighted by Gasteiger charge is -2.12. The molecule has 0 aliphatic heterocycles. The minimum Gasteiger partial charge on any atom is -0.431 e. The molecular formula is C18H18ClN3O2S. The molecule has 0 fully saturated rings. The number of halogens is 1. The van der Waals surface area contributed by atoms with E-state index in [-0.39, 0.29) is 11.7 Å². The normalized spacial score (nSPS) is 10.8. The number of carbonyl (C=O) groups excluding carboxylic acids is 1. The van der Waals surface area contributed by atoms with Crippen LogP contribution in [0, 0.1) is 0 Å². The number of fused-ring (bicyclic) bond motifs is 1. The smallest absolute Gasteiger partial charge is 0.257 e. The monoisotopic (exact) mass is 375 g/mol. The van der Waals surface area contributed by atoms with Gasteiger partial charge in [-0.1, -0.05) is 35.5 Å². The SMILES string of the molecule is CN(C)c1ccc(CNC(=O)CSc2nc3cc(Cl)ccc3o2)cc1. The van der Waals surface area contributed by atoms with E-state index in [0.29, 0.717) is 27.9 Å². The number of aromatic nitrogens is 1. The number of nitrogens with zero attached hydrogens (tertiary/aromatic N) is 2. The highest BCUT2D eigenvalue weighted by atomic mass is 35.5. The van der Waals surface area contributed by atoms with Crippen LogP contribution in [0.15, 0.2) is 52.1 Å². The van der Waals surface area contributed by atoms with Crippen molar-refractivity contribution >= 4 is 46.1 Å². The van der Waals surface area contributed by atoms with Crippen LogP contribution < -0.4 is 10.2 Å². The Morgan fingerprint density at radius 1 is 1.24 bits per heavy atom. The zero-order chi connectivity index (χ0) is 17.8. The Kier molecular flexibility index (Phi) is 5.50. The van der Waals surface area contributed by atoms with E-state index >= 15 is 0 Å². The lowest BCUT2D eigenvalue weighted by Crippen LogP contribution is -2.24. The molecule has 7 heteroatoms. The fourth-order valence-corrected chi connectivity index (χ4v) is 3.07. The van der Waals surface area contributed by atoms with Crippen LogP contribution in [-0.4, -0.2) is 30.7 Å². The van der Waals surface area contributed by atoms with Gasteiger partial charge in [-0.05, 0) is 35.9 Å². The van der Waals surface area contributed by atoms with Crippen molar-refractivity contribution in [3.05, 3.63) is 53.1 Å². The number of oxazole rings is 1. The maximum absolute atomic E-state index is 12.0. The largest absolute Gasteiger partial charge is 0.431 e. The van der Waals surface area contributed by atoms with Gasteiger partial charge in [-0.25, -0.2) is 4.98 Å². The number of hydrogen-bond donors (Lipinski definition) is 1. The number of anilines is 1. The Morgan fingerprint density at radius 2 is 2.00 bits per heavy atom. The highest BCUT2D eigenvalue weighted by Crippen LogP contribution is 2.25. The molecular weight excluding hydrogens is 358 g/mol. The lowest BCUT2D eigenvalue weighted by molar-refractivity contribution is -0.118. The van der Waals surface area contributed by atoms with Gasteiger partial charge < -0.3 is 14.6 Å². The molecule has 130 valence electrons. The first kappa shape index (κ1) is 17.6. The van der Waals surface area contributed by atoms with E-state index in [1.54, 1.807) is 18.2 Å². The molecule has 0 unspecified atom stereocenters. The molecule has 1 aromatic heterocycles. The summed E-state index contributed by atoms with van der Waals surface area (Å²) in [5.74, 6) is 0.179. The van der Waals surface area contributed by atoms with Crippen LogP contribution in [0.3, 0.4) is 0 Å². The number of nitrogens with one attached hydrogen (secondary N) is 1. The fraction of sp³-hybridized carbons (Fsp3) is 0.222. The van der Waals surface area contributed by atoms with E-state index in [2.05, 4.69) is 10.3 Å². The number of hydrogen-bond acceptors (Lipinski definition) is 5. The van der Waals surface area contributed by atoms with Gasteiger partial charge in [0.1, 0.15) is 5.52 Å². The van der Waals surface area contributed by atoms with Gasteiger partial charge in [0.25, 0.3) is 5.22 Å². The Balaban J connectivity index is 1.50. The van der Waals surface area contributed by atoms with Crippen LogP contribution >= 0.6 is 23.4 Å². The molecule has 0 spiro atoms. The fourth-order valence-electron chi connectivity index (χ4n) is 2.23. The molecule has 3 rings (SSSR count). The maximum atomic E-state index is 12.0. The second-order valence-corrected chi connectivity index (χ2v) is 7.08. The number of rotatable bonds is 6. The molecule has 0 saturated heterocycles. The van der Waals surface area contributed by atoms with Crippen LogP contribution in [0.1, 0.15) is 5.56 Å². The van der Waals surface area contributed by atoms with Gasteiger partial charge in [0.15, 0.2) is 5.58 Å². The van der Waals surface area contributed by atoms with E-state index in [0.717, 1.165) is 11.3 Å². The number of benzene rings is 2. The molecule has 1 heterocycles. The summed E-state index contributed by atoms with van der Waals surface area (Å²) in [6.45, 7) is 0.496. The van der Waals surface area contributed by atoms with Crippen LogP contribution in [-0.2, 0) is 11.3 Å². The van der Waals surface area contributed by atoms with Crippen molar-refractivity contribution in [1.82, 2.24) is 10.3 Å². The summed E-state index contributed by atoms with van der Waals surface area (Å²) < 4.78 is 5.58. The van der Waals surface area contributed by atoms with Gasteiger partial charge in [0.2, 0.25) is 5.91 Å². The molecule has 0 saturated carbocycles. The van der Waals surface area contributed by atoms with Gasteiger partial charge in [0.05, 0.1) is 5.75 Å². The predicted octanol–water partition coefficient (Wildman–Crippen LogP) is 3.96. The van der Waals surface area contributed by atoms with Crippen molar-refractivity contribution in [2.45, 2.75) is 11.8 Å². The maximum Gasteiger partial charge on any atom is 0.257 e. The van der Waals surface area contributed by atoms with Gasteiger partial charge >= 0.3 is 0 Å². The minimum atomic E-state index is -0.0676. The first-order valence-electron chi connectivity index (χ1n) is 7.73. The molecule has 0 atom stereocenters. The minimum absolute atomic E-state index is 0.0676. The molecule has 5 nitrogen and oxygen atoms in total. The van der Waals surface area contributed by atoms with Gasteiger partial charge in [-0.15, -0.1) is 0 Å². The summed E-state index contributed by atoms with van der Waals surface area (Å²) in [6.07, 6.45) is 0. The Morgan fingerprint density at radius 3 is 2.72 bits per heavy atom. The van der Waals surface area contributed by atoms with Crippen molar-refractivity contribution in [1.29, 1.82) is 0 Å². The zero-order valence-corrected chi connectivity index (χ0v) is 15.5. The summed E-state index contributed by atoms with van der Waals surface area (Å²) in [6, 6.07) is 13.3. The lowest BCUT2D eigenvalue weighted by atomic mass is 10.2. The first-order valence-corrected chi connectivity index (χ1v) is 9.09. The van der Waals surface area contributed by atoms with Crippen molar-refractivity contribution < 1.29 is 9.21 Å². The van der Waals surface area contributed by atoms with Crippen molar-refractivity contribution in [3.8, 4) is 0 Å². The molecule has 1 amide bonds. The van der Waals surface area contributed by atoms with Gasteiger partial charge in [-0.2, -0.15) is 0 Å². The molecule has 3 aromatic rings. The number of carbonyl (C=O) groups is 1. The Labute approximate surface area is 155 Å². The van der Waals surface area contributed by atoms with Gasteiger partial charge in [0, 0.05) is 31.4 Å². The Bertz CT molecular complexity index is 878. The summed E-state index contributed by atoms with van der Waals surface area (Å²) in [5, 5.41) is 3.96. The summed E-state index contributed by atoms with van der Waals surface area (Å²) in [7, 11) is 3.99. The standard InChI is InChI=1S/C18H18ClN3O2S/c1-22(2)14-6-3-12(4-7-14)10-20-17(23)11-25-18-21-15-9-13(19)5-8-16(15)24-18/h3-9H,10-11H2,1-2H3,(H,20,23). The van der Waals surface area contributed by atoms with Crippen LogP contribution in [0.25, 0.3) is 11.1 Å². The number of amides is 1.